The summed E-state index contributed by atoms with van der Waals surface area (Å²) in [7, 11) is 0. The predicted molar refractivity (Wildman–Crippen MR) is 65.9 cm³/mol. The third kappa shape index (κ3) is 3.06. The molecule has 0 saturated carbocycles. The molecule has 0 amide bonds. The molecule has 5 nitrogen and oxygen atoms in total. The van der Waals surface area contributed by atoms with Gasteiger partial charge >= 0.3 is 0 Å². The van der Waals surface area contributed by atoms with Crippen LogP contribution in [0.5, 0.6) is 0 Å². The molecular formula is C11H20N4O. The van der Waals surface area contributed by atoms with Crippen molar-refractivity contribution in [1.82, 2.24) is 9.97 Å². The van der Waals surface area contributed by atoms with E-state index in [1.807, 2.05) is 20.8 Å². The minimum Gasteiger partial charge on any atom is -0.395 e. The second-order valence-corrected chi connectivity index (χ2v) is 3.50. The van der Waals surface area contributed by atoms with Crippen LogP contribution in [0.15, 0.2) is 0 Å². The van der Waals surface area contributed by atoms with Gasteiger partial charge in [0.15, 0.2) is 0 Å². The van der Waals surface area contributed by atoms with Crippen LogP contribution in [0.25, 0.3) is 0 Å². The Hall–Kier alpha value is -1.36. The van der Waals surface area contributed by atoms with Gasteiger partial charge in [-0.05, 0) is 13.8 Å². The lowest BCUT2D eigenvalue weighted by atomic mass is 10.3. The highest BCUT2D eigenvalue weighted by Crippen LogP contribution is 2.19. The Morgan fingerprint density at radius 3 is 2.25 bits per heavy atom. The van der Waals surface area contributed by atoms with Gasteiger partial charge in [-0.1, -0.05) is 6.92 Å². The molecule has 1 aromatic rings. The van der Waals surface area contributed by atoms with E-state index in [-0.39, 0.29) is 6.61 Å². The van der Waals surface area contributed by atoms with E-state index in [0.29, 0.717) is 6.54 Å². The van der Waals surface area contributed by atoms with Gasteiger partial charge in [0.1, 0.15) is 17.5 Å². The fraction of sp³-hybridized carbons (Fsp3) is 0.636. The molecule has 0 spiro atoms. The fourth-order valence-corrected chi connectivity index (χ4v) is 1.41. The van der Waals surface area contributed by atoms with Crippen LogP contribution in [0, 0.1) is 6.92 Å². The summed E-state index contributed by atoms with van der Waals surface area (Å²) in [6, 6.07) is 0. The average Bonchev–Trinajstić information content (AvgIpc) is 2.30. The van der Waals surface area contributed by atoms with Gasteiger partial charge in [-0.15, -0.1) is 0 Å². The van der Waals surface area contributed by atoms with E-state index in [1.165, 1.54) is 0 Å². The first-order chi connectivity index (χ1) is 7.72. The molecule has 90 valence electrons. The quantitative estimate of drug-likeness (QED) is 0.677. The van der Waals surface area contributed by atoms with Gasteiger partial charge in [-0.25, -0.2) is 9.97 Å². The molecule has 0 bridgehead atoms. The van der Waals surface area contributed by atoms with Crippen molar-refractivity contribution in [2.45, 2.75) is 27.2 Å². The SMILES string of the molecule is CCNc1nc(CC)nc(NCCO)c1C. The molecule has 1 heterocycles. The van der Waals surface area contributed by atoms with Crippen molar-refractivity contribution < 1.29 is 5.11 Å². The lowest BCUT2D eigenvalue weighted by Gasteiger charge is -2.13. The molecular weight excluding hydrogens is 204 g/mol. The summed E-state index contributed by atoms with van der Waals surface area (Å²) in [6.07, 6.45) is 0.798. The first-order valence-corrected chi connectivity index (χ1v) is 5.69. The zero-order valence-corrected chi connectivity index (χ0v) is 10.2. The zero-order chi connectivity index (χ0) is 12.0. The summed E-state index contributed by atoms with van der Waals surface area (Å²) in [4.78, 5) is 8.82. The third-order valence-electron chi connectivity index (χ3n) is 2.26. The van der Waals surface area contributed by atoms with Crippen molar-refractivity contribution in [3.63, 3.8) is 0 Å². The van der Waals surface area contributed by atoms with Crippen molar-refractivity contribution >= 4 is 11.6 Å². The number of aryl methyl sites for hydroxylation is 1. The number of nitrogens with one attached hydrogen (secondary N) is 2. The average molecular weight is 224 g/mol. The zero-order valence-electron chi connectivity index (χ0n) is 10.2. The van der Waals surface area contributed by atoms with Crippen molar-refractivity contribution in [2.75, 3.05) is 30.3 Å². The molecule has 0 aliphatic rings. The van der Waals surface area contributed by atoms with Gasteiger partial charge in [-0.3, -0.25) is 0 Å². The van der Waals surface area contributed by atoms with E-state index in [0.717, 1.165) is 36.0 Å². The van der Waals surface area contributed by atoms with E-state index in [2.05, 4.69) is 20.6 Å². The van der Waals surface area contributed by atoms with Gasteiger partial charge in [0.25, 0.3) is 0 Å². The van der Waals surface area contributed by atoms with Crippen LogP contribution < -0.4 is 10.6 Å². The highest BCUT2D eigenvalue weighted by Gasteiger charge is 2.08. The standard InChI is InChI=1S/C11H20N4O/c1-4-9-14-10(12-5-2)8(3)11(15-9)13-6-7-16/h16H,4-7H2,1-3H3,(H2,12,13,14,15). The number of aliphatic hydroxyl groups excluding tert-OH is 1. The topological polar surface area (TPSA) is 70.1 Å². The molecule has 5 heteroatoms. The van der Waals surface area contributed by atoms with Gasteiger partial charge in [0, 0.05) is 25.1 Å². The number of rotatable bonds is 6. The predicted octanol–water partition coefficient (Wildman–Crippen LogP) is 1.18. The molecule has 0 fully saturated rings. The molecule has 0 aliphatic carbocycles. The maximum atomic E-state index is 8.80. The Kier molecular flexibility index (Phi) is 4.98. The van der Waals surface area contributed by atoms with Crippen LogP contribution in [0.3, 0.4) is 0 Å². The molecule has 1 aromatic heterocycles. The van der Waals surface area contributed by atoms with Crippen LogP contribution in [0.1, 0.15) is 25.2 Å². The van der Waals surface area contributed by atoms with Gasteiger partial charge < -0.3 is 15.7 Å². The highest BCUT2D eigenvalue weighted by molar-refractivity contribution is 5.57. The monoisotopic (exact) mass is 224 g/mol. The molecule has 0 unspecified atom stereocenters. The molecule has 0 radical (unpaired) electrons. The normalized spacial score (nSPS) is 10.2. The number of hydrogen-bond donors (Lipinski definition) is 3. The first kappa shape index (κ1) is 12.7. The number of anilines is 2. The Labute approximate surface area is 96.3 Å². The lowest BCUT2D eigenvalue weighted by Crippen LogP contribution is -2.13. The molecule has 3 N–H and O–H groups in total. The van der Waals surface area contributed by atoms with E-state index >= 15 is 0 Å². The van der Waals surface area contributed by atoms with E-state index in [4.69, 9.17) is 5.11 Å². The Morgan fingerprint density at radius 2 is 1.75 bits per heavy atom. The summed E-state index contributed by atoms with van der Waals surface area (Å²) in [6.45, 7) is 7.47. The molecule has 0 aliphatic heterocycles. The molecule has 16 heavy (non-hydrogen) atoms. The Morgan fingerprint density at radius 1 is 1.12 bits per heavy atom. The van der Waals surface area contributed by atoms with Crippen molar-refractivity contribution in [1.29, 1.82) is 0 Å². The molecule has 0 saturated heterocycles. The minimum atomic E-state index is 0.0987. The van der Waals surface area contributed by atoms with Gasteiger partial charge in [0.05, 0.1) is 6.61 Å². The molecule has 0 aromatic carbocycles. The summed E-state index contributed by atoms with van der Waals surface area (Å²) in [5, 5.41) is 15.1. The summed E-state index contributed by atoms with van der Waals surface area (Å²) in [5.41, 5.74) is 0.993. The fourth-order valence-electron chi connectivity index (χ4n) is 1.41. The third-order valence-corrected chi connectivity index (χ3v) is 2.26. The number of aliphatic hydroxyl groups is 1. The van der Waals surface area contributed by atoms with Crippen molar-refractivity contribution in [3.8, 4) is 0 Å². The number of aromatic nitrogens is 2. The van der Waals surface area contributed by atoms with E-state index in [1.54, 1.807) is 0 Å². The van der Waals surface area contributed by atoms with Gasteiger partial charge in [-0.2, -0.15) is 0 Å². The first-order valence-electron chi connectivity index (χ1n) is 5.69. The van der Waals surface area contributed by atoms with Crippen LogP contribution in [-0.4, -0.2) is 34.8 Å². The summed E-state index contributed by atoms with van der Waals surface area (Å²) >= 11 is 0. The smallest absolute Gasteiger partial charge is 0.134 e. The van der Waals surface area contributed by atoms with Crippen LogP contribution in [0.4, 0.5) is 11.6 Å². The number of nitrogens with zero attached hydrogens (tertiary/aromatic N) is 2. The van der Waals surface area contributed by atoms with E-state index < -0.39 is 0 Å². The summed E-state index contributed by atoms with van der Waals surface area (Å²) < 4.78 is 0. The second-order valence-electron chi connectivity index (χ2n) is 3.50. The van der Waals surface area contributed by atoms with Crippen molar-refractivity contribution in [3.05, 3.63) is 11.4 Å². The van der Waals surface area contributed by atoms with Gasteiger partial charge in [0.2, 0.25) is 0 Å². The maximum Gasteiger partial charge on any atom is 0.134 e. The Balaban J connectivity index is 2.99. The maximum absolute atomic E-state index is 8.80. The van der Waals surface area contributed by atoms with E-state index in [9.17, 15) is 0 Å². The molecule has 1 rings (SSSR count). The highest BCUT2D eigenvalue weighted by atomic mass is 16.3. The lowest BCUT2D eigenvalue weighted by molar-refractivity contribution is 0.311. The minimum absolute atomic E-state index is 0.0987. The van der Waals surface area contributed by atoms with Crippen LogP contribution in [-0.2, 0) is 6.42 Å². The molecule has 0 atom stereocenters. The van der Waals surface area contributed by atoms with Crippen LogP contribution in [0.2, 0.25) is 0 Å². The second kappa shape index (κ2) is 6.27. The van der Waals surface area contributed by atoms with Crippen LogP contribution >= 0.6 is 0 Å². The Bertz CT molecular complexity index is 341. The van der Waals surface area contributed by atoms with Crippen molar-refractivity contribution in [2.24, 2.45) is 0 Å². The summed E-state index contributed by atoms with van der Waals surface area (Å²) in [5.74, 6) is 2.48. The number of hydrogen-bond acceptors (Lipinski definition) is 5. The largest absolute Gasteiger partial charge is 0.395 e.